The molecule has 0 N–H and O–H groups in total. The first-order valence-electron chi connectivity index (χ1n) is 10.0. The highest BCUT2D eigenvalue weighted by atomic mass is 19.4. The Morgan fingerprint density at radius 1 is 1.06 bits per heavy atom. The molecule has 178 valence electrons. The van der Waals surface area contributed by atoms with Crippen molar-refractivity contribution >= 4 is 0 Å². The SMILES string of the molecule is Cn1ncc(-c2nc(-c3ccc(Cn4cnnn4)cn3)no2)c1COc1ccc(C(F)(F)F)cn1. The Kier molecular flexibility index (Phi) is 5.64. The molecule has 0 bridgehead atoms. The third kappa shape index (κ3) is 4.83. The van der Waals surface area contributed by atoms with Crippen LogP contribution in [0.5, 0.6) is 5.88 Å². The fourth-order valence-electron chi connectivity index (χ4n) is 3.12. The smallest absolute Gasteiger partial charge is 0.417 e. The number of hydrogen-bond acceptors (Lipinski definition) is 10. The lowest BCUT2D eigenvalue weighted by atomic mass is 10.2. The summed E-state index contributed by atoms with van der Waals surface area (Å²) in [6.45, 7) is 0.427. The number of ether oxygens (including phenoxy) is 1. The summed E-state index contributed by atoms with van der Waals surface area (Å²) in [5.41, 5.74) is 1.59. The first-order valence-corrected chi connectivity index (χ1v) is 10.0. The van der Waals surface area contributed by atoms with Gasteiger partial charge >= 0.3 is 6.18 Å². The minimum absolute atomic E-state index is 0.0299. The van der Waals surface area contributed by atoms with Gasteiger partial charge in [0.15, 0.2) is 0 Å². The molecule has 0 unspecified atom stereocenters. The summed E-state index contributed by atoms with van der Waals surface area (Å²) in [5.74, 6) is 0.489. The molecule has 0 aliphatic heterocycles. The lowest BCUT2D eigenvalue weighted by Gasteiger charge is -2.09. The van der Waals surface area contributed by atoms with Gasteiger partial charge in [0, 0.05) is 25.5 Å². The molecule has 0 spiro atoms. The van der Waals surface area contributed by atoms with Crippen LogP contribution in [-0.2, 0) is 26.4 Å². The normalized spacial score (nSPS) is 11.7. The minimum atomic E-state index is -4.47. The van der Waals surface area contributed by atoms with Crippen LogP contribution < -0.4 is 4.74 Å². The summed E-state index contributed by atoms with van der Waals surface area (Å²) >= 11 is 0. The van der Waals surface area contributed by atoms with Crippen LogP contribution in [0.15, 0.2) is 53.7 Å². The van der Waals surface area contributed by atoms with E-state index < -0.39 is 11.7 Å². The maximum atomic E-state index is 12.7. The molecule has 35 heavy (non-hydrogen) atoms. The predicted molar refractivity (Wildman–Crippen MR) is 110 cm³/mol. The van der Waals surface area contributed by atoms with Gasteiger partial charge in [-0.2, -0.15) is 23.3 Å². The van der Waals surface area contributed by atoms with E-state index in [1.54, 1.807) is 24.0 Å². The predicted octanol–water partition coefficient (Wildman–Crippen LogP) is 2.56. The summed E-state index contributed by atoms with van der Waals surface area (Å²) in [6.07, 6.45) is 0.930. The van der Waals surface area contributed by atoms with Crippen LogP contribution in [0.25, 0.3) is 23.0 Å². The maximum Gasteiger partial charge on any atom is 0.417 e. The molecule has 0 aliphatic carbocycles. The summed E-state index contributed by atoms with van der Waals surface area (Å²) in [5, 5.41) is 19.2. The molecule has 5 rings (SSSR count). The molecule has 5 aromatic heterocycles. The van der Waals surface area contributed by atoms with Crippen molar-refractivity contribution in [3.8, 4) is 28.9 Å². The maximum absolute atomic E-state index is 12.7. The van der Waals surface area contributed by atoms with Gasteiger partial charge in [0.1, 0.15) is 18.6 Å². The molecule has 0 aliphatic rings. The van der Waals surface area contributed by atoms with Gasteiger partial charge in [-0.25, -0.2) is 9.67 Å². The van der Waals surface area contributed by atoms with Gasteiger partial charge in [-0.3, -0.25) is 9.67 Å². The van der Waals surface area contributed by atoms with Crippen LogP contribution in [0.2, 0.25) is 0 Å². The Balaban J connectivity index is 1.30. The molecule has 0 fully saturated rings. The molecule has 0 saturated heterocycles. The van der Waals surface area contributed by atoms with Crippen molar-refractivity contribution in [2.75, 3.05) is 0 Å². The van der Waals surface area contributed by atoms with Crippen LogP contribution in [0.3, 0.4) is 0 Å². The lowest BCUT2D eigenvalue weighted by Crippen LogP contribution is -2.07. The van der Waals surface area contributed by atoms with Crippen molar-refractivity contribution in [3.05, 3.63) is 66.0 Å². The third-order valence-electron chi connectivity index (χ3n) is 4.93. The summed E-state index contributed by atoms with van der Waals surface area (Å²) in [4.78, 5) is 12.5. The fourth-order valence-corrected chi connectivity index (χ4v) is 3.12. The fraction of sp³-hybridized carbons (Fsp3) is 0.200. The topological polar surface area (TPSA) is 135 Å². The number of hydrogen-bond donors (Lipinski definition) is 0. The van der Waals surface area contributed by atoms with E-state index in [-0.39, 0.29) is 24.2 Å². The Labute approximate surface area is 194 Å². The Hall–Kier alpha value is -4.69. The van der Waals surface area contributed by atoms with Crippen molar-refractivity contribution in [1.29, 1.82) is 0 Å². The summed E-state index contributed by atoms with van der Waals surface area (Å²) < 4.78 is 52.2. The van der Waals surface area contributed by atoms with Gasteiger partial charge in [-0.05, 0) is 28.1 Å². The molecule has 0 radical (unpaired) electrons. The summed E-state index contributed by atoms with van der Waals surface area (Å²) in [7, 11) is 1.69. The van der Waals surface area contributed by atoms with Gasteiger partial charge in [0.2, 0.25) is 11.7 Å². The standard InChI is InChI=1S/C20H15F3N10O2/c1-32-16(10-34-17-5-3-13(7-25-17)20(21,22)23)14(8-27-32)19-28-18(29-35-19)15-4-2-12(6-24-15)9-33-11-26-30-31-33/h2-8,11H,9-10H2,1H3. The minimum Gasteiger partial charge on any atom is -0.471 e. The first kappa shape index (κ1) is 22.1. The van der Waals surface area contributed by atoms with E-state index in [1.807, 2.05) is 6.07 Å². The average molecular weight is 484 g/mol. The van der Waals surface area contributed by atoms with E-state index in [0.29, 0.717) is 29.7 Å². The molecular formula is C20H15F3N10O2. The van der Waals surface area contributed by atoms with Gasteiger partial charge in [0.25, 0.3) is 5.89 Å². The zero-order valence-corrected chi connectivity index (χ0v) is 18.0. The Morgan fingerprint density at radius 3 is 2.63 bits per heavy atom. The monoisotopic (exact) mass is 484 g/mol. The largest absolute Gasteiger partial charge is 0.471 e. The Bertz CT molecular complexity index is 1410. The molecular weight excluding hydrogens is 469 g/mol. The molecule has 0 aromatic carbocycles. The highest BCUT2D eigenvalue weighted by Gasteiger charge is 2.30. The van der Waals surface area contributed by atoms with Crippen molar-refractivity contribution in [3.63, 3.8) is 0 Å². The second-order valence-corrected chi connectivity index (χ2v) is 7.28. The zero-order chi connectivity index (χ0) is 24.4. The van der Waals surface area contributed by atoms with E-state index >= 15 is 0 Å². The van der Waals surface area contributed by atoms with E-state index in [9.17, 15) is 13.2 Å². The average Bonchev–Trinajstić information content (AvgIpc) is 3.60. The van der Waals surface area contributed by atoms with Crippen LogP contribution in [0, 0.1) is 0 Å². The number of alkyl halides is 3. The van der Waals surface area contributed by atoms with E-state index in [1.165, 1.54) is 17.2 Å². The molecule has 15 heteroatoms. The third-order valence-corrected chi connectivity index (χ3v) is 4.93. The number of pyridine rings is 2. The molecule has 0 saturated carbocycles. The van der Waals surface area contributed by atoms with Gasteiger partial charge in [-0.1, -0.05) is 11.2 Å². The highest BCUT2D eigenvalue weighted by Crippen LogP contribution is 2.30. The van der Waals surface area contributed by atoms with Gasteiger partial charge in [0.05, 0.1) is 29.6 Å². The van der Waals surface area contributed by atoms with Crippen molar-refractivity contribution in [2.45, 2.75) is 19.3 Å². The van der Waals surface area contributed by atoms with Gasteiger partial charge < -0.3 is 9.26 Å². The Morgan fingerprint density at radius 2 is 1.94 bits per heavy atom. The number of aromatic nitrogens is 10. The number of halogens is 3. The van der Waals surface area contributed by atoms with Crippen molar-refractivity contribution < 1.29 is 22.4 Å². The van der Waals surface area contributed by atoms with Crippen LogP contribution in [0.4, 0.5) is 13.2 Å². The number of aryl methyl sites for hydroxylation is 1. The van der Waals surface area contributed by atoms with Crippen LogP contribution in [-0.4, -0.2) is 50.1 Å². The molecule has 0 amide bonds. The summed E-state index contributed by atoms with van der Waals surface area (Å²) in [6, 6.07) is 5.65. The first-order chi connectivity index (χ1) is 16.9. The lowest BCUT2D eigenvalue weighted by molar-refractivity contribution is -0.137. The van der Waals surface area contributed by atoms with Gasteiger partial charge in [-0.15, -0.1) is 5.10 Å². The molecule has 12 nitrogen and oxygen atoms in total. The highest BCUT2D eigenvalue weighted by molar-refractivity contribution is 5.59. The van der Waals surface area contributed by atoms with Crippen molar-refractivity contribution in [1.82, 2.24) is 50.1 Å². The second kappa shape index (κ2) is 8.92. The number of tetrazole rings is 1. The molecule has 5 aromatic rings. The number of nitrogens with zero attached hydrogens (tertiary/aromatic N) is 10. The van der Waals surface area contributed by atoms with Crippen LogP contribution in [0.1, 0.15) is 16.8 Å². The molecule has 0 atom stereocenters. The zero-order valence-electron chi connectivity index (χ0n) is 18.0. The van der Waals surface area contributed by atoms with Crippen molar-refractivity contribution in [2.24, 2.45) is 7.05 Å². The van der Waals surface area contributed by atoms with E-state index in [0.717, 1.165) is 17.7 Å². The second-order valence-electron chi connectivity index (χ2n) is 7.28. The van der Waals surface area contributed by atoms with E-state index in [2.05, 4.69) is 40.7 Å². The number of rotatable bonds is 7. The molecule has 5 heterocycles. The van der Waals surface area contributed by atoms with Crippen LogP contribution >= 0.6 is 0 Å². The van der Waals surface area contributed by atoms with E-state index in [4.69, 9.17) is 9.26 Å². The quantitative estimate of drug-likeness (QED) is 0.339.